The summed E-state index contributed by atoms with van der Waals surface area (Å²) in [6.45, 7) is 2.41. The molecule has 2 fully saturated rings. The smallest absolute Gasteiger partial charge is 0.197 e. The van der Waals surface area contributed by atoms with Crippen LogP contribution in [0.25, 0.3) is 11.3 Å². The predicted octanol–water partition coefficient (Wildman–Crippen LogP) is 1.55. The van der Waals surface area contributed by atoms with Crippen LogP contribution in [0, 0.1) is 0 Å². The number of hydrogen-bond acceptors (Lipinski definition) is 5. The molecule has 0 aliphatic carbocycles. The van der Waals surface area contributed by atoms with Crippen LogP contribution >= 0.6 is 0 Å². The molecule has 106 valence electrons. The minimum atomic E-state index is -0.0367. The summed E-state index contributed by atoms with van der Waals surface area (Å²) in [5.74, 6) is 0. The molecular formula is C14H18N4O2. The summed E-state index contributed by atoms with van der Waals surface area (Å²) in [7, 11) is 0. The SMILES string of the molecule is c1cnc2c(n1)ncn2CC1CCC2(CCCOC2)O1. The van der Waals surface area contributed by atoms with Gasteiger partial charge in [0.15, 0.2) is 11.3 Å². The second kappa shape index (κ2) is 4.79. The highest BCUT2D eigenvalue weighted by atomic mass is 16.6. The van der Waals surface area contributed by atoms with E-state index in [0.29, 0.717) is 5.65 Å². The Morgan fingerprint density at radius 3 is 3.10 bits per heavy atom. The van der Waals surface area contributed by atoms with Crippen molar-refractivity contribution in [3.63, 3.8) is 0 Å². The second-order valence-corrected chi connectivity index (χ2v) is 5.72. The largest absolute Gasteiger partial charge is 0.378 e. The lowest BCUT2D eigenvalue weighted by Gasteiger charge is -2.33. The van der Waals surface area contributed by atoms with Crippen molar-refractivity contribution in [2.75, 3.05) is 13.2 Å². The van der Waals surface area contributed by atoms with E-state index in [9.17, 15) is 0 Å². The Hall–Kier alpha value is -1.53. The summed E-state index contributed by atoms with van der Waals surface area (Å²) >= 11 is 0. The van der Waals surface area contributed by atoms with Gasteiger partial charge in [-0.3, -0.25) is 0 Å². The molecular weight excluding hydrogens is 256 g/mol. The third-order valence-corrected chi connectivity index (χ3v) is 4.28. The Bertz CT molecular complexity index is 606. The number of ether oxygens (including phenoxy) is 2. The molecule has 2 aliphatic heterocycles. The van der Waals surface area contributed by atoms with Gasteiger partial charge in [0, 0.05) is 19.0 Å². The first-order chi connectivity index (χ1) is 9.85. The fourth-order valence-electron chi connectivity index (χ4n) is 3.29. The Morgan fingerprint density at radius 1 is 1.25 bits per heavy atom. The highest BCUT2D eigenvalue weighted by Gasteiger charge is 2.41. The van der Waals surface area contributed by atoms with Crippen molar-refractivity contribution in [2.24, 2.45) is 0 Å². The zero-order valence-corrected chi connectivity index (χ0v) is 11.4. The molecule has 2 aromatic rings. The first-order valence-corrected chi connectivity index (χ1v) is 7.22. The summed E-state index contributed by atoms with van der Waals surface area (Å²) in [6, 6.07) is 0. The van der Waals surface area contributed by atoms with E-state index < -0.39 is 0 Å². The molecule has 0 aromatic carbocycles. The van der Waals surface area contributed by atoms with E-state index >= 15 is 0 Å². The molecule has 2 aliphatic rings. The molecule has 1 spiro atoms. The van der Waals surface area contributed by atoms with Gasteiger partial charge < -0.3 is 14.0 Å². The number of fused-ring (bicyclic) bond motifs is 1. The van der Waals surface area contributed by atoms with Crippen molar-refractivity contribution in [1.29, 1.82) is 0 Å². The highest BCUT2D eigenvalue weighted by molar-refractivity contribution is 5.64. The summed E-state index contributed by atoms with van der Waals surface area (Å²) < 4.78 is 13.9. The van der Waals surface area contributed by atoms with E-state index in [2.05, 4.69) is 15.0 Å². The van der Waals surface area contributed by atoms with Crippen LogP contribution in [0.2, 0.25) is 0 Å². The van der Waals surface area contributed by atoms with Crippen LogP contribution < -0.4 is 0 Å². The fourth-order valence-corrected chi connectivity index (χ4v) is 3.29. The topological polar surface area (TPSA) is 62.1 Å². The van der Waals surface area contributed by atoms with E-state index in [0.717, 1.165) is 51.1 Å². The molecule has 2 atom stereocenters. The average Bonchev–Trinajstić information content (AvgIpc) is 3.06. The zero-order chi connectivity index (χ0) is 13.4. The van der Waals surface area contributed by atoms with Crippen molar-refractivity contribution in [3.05, 3.63) is 18.7 Å². The lowest BCUT2D eigenvalue weighted by atomic mass is 9.93. The third kappa shape index (κ3) is 2.09. The van der Waals surface area contributed by atoms with Crippen molar-refractivity contribution in [1.82, 2.24) is 19.5 Å². The molecule has 0 radical (unpaired) electrons. The van der Waals surface area contributed by atoms with Gasteiger partial charge >= 0.3 is 0 Å². The Labute approximate surface area is 117 Å². The first kappa shape index (κ1) is 12.2. The van der Waals surface area contributed by atoms with Crippen LogP contribution in [-0.4, -0.2) is 44.4 Å². The van der Waals surface area contributed by atoms with Crippen LogP contribution in [0.15, 0.2) is 18.7 Å². The quantitative estimate of drug-likeness (QED) is 0.831. The van der Waals surface area contributed by atoms with Crippen molar-refractivity contribution in [2.45, 2.75) is 43.9 Å². The number of rotatable bonds is 2. The average molecular weight is 274 g/mol. The van der Waals surface area contributed by atoms with Gasteiger partial charge in [-0.25, -0.2) is 15.0 Å². The maximum atomic E-state index is 6.29. The molecule has 2 saturated heterocycles. The van der Waals surface area contributed by atoms with Crippen molar-refractivity contribution in [3.8, 4) is 0 Å². The molecule has 6 heteroatoms. The van der Waals surface area contributed by atoms with E-state index in [4.69, 9.17) is 9.47 Å². The molecule has 6 nitrogen and oxygen atoms in total. The molecule has 0 bridgehead atoms. The standard InChI is InChI=1S/C14H18N4O2/c1-3-14(9-19-7-1)4-2-11(20-14)8-18-10-17-12-13(18)16-6-5-15-12/h5-6,10-11H,1-4,7-9H2. The molecule has 4 heterocycles. The number of hydrogen-bond donors (Lipinski definition) is 0. The minimum absolute atomic E-state index is 0.0367. The number of imidazole rings is 1. The monoisotopic (exact) mass is 274 g/mol. The maximum Gasteiger partial charge on any atom is 0.197 e. The van der Waals surface area contributed by atoms with Gasteiger partial charge in [-0.15, -0.1) is 0 Å². The molecule has 0 amide bonds. The van der Waals surface area contributed by atoms with E-state index in [1.165, 1.54) is 0 Å². The van der Waals surface area contributed by atoms with Gasteiger partial charge in [0.2, 0.25) is 0 Å². The predicted molar refractivity (Wildman–Crippen MR) is 72.2 cm³/mol. The van der Waals surface area contributed by atoms with Gasteiger partial charge in [-0.1, -0.05) is 0 Å². The molecule has 4 rings (SSSR count). The molecule has 2 aromatic heterocycles. The third-order valence-electron chi connectivity index (χ3n) is 4.28. The first-order valence-electron chi connectivity index (χ1n) is 7.22. The molecule has 0 N–H and O–H groups in total. The van der Waals surface area contributed by atoms with Gasteiger partial charge in [0.1, 0.15) is 0 Å². The summed E-state index contributed by atoms with van der Waals surface area (Å²) in [6.07, 6.45) is 9.78. The van der Waals surface area contributed by atoms with Crippen molar-refractivity contribution < 1.29 is 9.47 Å². The van der Waals surface area contributed by atoms with Crippen molar-refractivity contribution >= 4 is 11.3 Å². The van der Waals surface area contributed by atoms with Gasteiger partial charge in [0.25, 0.3) is 0 Å². The fraction of sp³-hybridized carbons (Fsp3) is 0.643. The van der Waals surface area contributed by atoms with Crippen LogP contribution in [-0.2, 0) is 16.0 Å². The van der Waals surface area contributed by atoms with Crippen LogP contribution in [0.1, 0.15) is 25.7 Å². The van der Waals surface area contributed by atoms with Gasteiger partial charge in [-0.2, -0.15) is 0 Å². The van der Waals surface area contributed by atoms with Gasteiger partial charge in [-0.05, 0) is 25.7 Å². The van der Waals surface area contributed by atoms with E-state index in [1.54, 1.807) is 18.7 Å². The van der Waals surface area contributed by atoms with Crippen LogP contribution in [0.4, 0.5) is 0 Å². The second-order valence-electron chi connectivity index (χ2n) is 5.72. The van der Waals surface area contributed by atoms with E-state index in [-0.39, 0.29) is 11.7 Å². The highest BCUT2D eigenvalue weighted by Crippen LogP contribution is 2.37. The number of nitrogens with zero attached hydrogens (tertiary/aromatic N) is 4. The normalized spacial score (nSPS) is 30.3. The van der Waals surface area contributed by atoms with Crippen LogP contribution in [0.3, 0.4) is 0 Å². The maximum absolute atomic E-state index is 6.29. The van der Waals surface area contributed by atoms with Gasteiger partial charge in [0.05, 0.1) is 31.2 Å². The summed E-state index contributed by atoms with van der Waals surface area (Å²) in [5.41, 5.74) is 1.49. The Kier molecular flexibility index (Phi) is 2.93. The number of aromatic nitrogens is 4. The lowest BCUT2D eigenvalue weighted by Crippen LogP contribution is -2.39. The molecule has 0 saturated carbocycles. The summed E-state index contributed by atoms with van der Waals surface area (Å²) in [5, 5.41) is 0. The van der Waals surface area contributed by atoms with E-state index in [1.807, 2.05) is 4.57 Å². The molecule has 20 heavy (non-hydrogen) atoms. The van der Waals surface area contributed by atoms with Crippen LogP contribution in [0.5, 0.6) is 0 Å². The Balaban J connectivity index is 1.50. The lowest BCUT2D eigenvalue weighted by molar-refractivity contribution is -0.123. The summed E-state index contributed by atoms with van der Waals surface area (Å²) in [4.78, 5) is 12.8. The zero-order valence-electron chi connectivity index (χ0n) is 11.4. The minimum Gasteiger partial charge on any atom is -0.378 e. The molecule has 2 unspecified atom stereocenters. The Morgan fingerprint density at radius 2 is 2.20 bits per heavy atom.